The molecule has 3 fully saturated rings. The van der Waals surface area contributed by atoms with Gasteiger partial charge in [-0.15, -0.1) is 0 Å². The number of carbonyl (C=O) groups excluding carboxylic acids is 3. The molecule has 0 spiro atoms. The molecule has 0 unspecified atom stereocenters. The third-order valence-electron chi connectivity index (χ3n) is 5.55. The Morgan fingerprint density at radius 3 is 2.15 bits per heavy atom. The zero-order valence-corrected chi connectivity index (χ0v) is 15.0. The number of anilines is 1. The molecule has 0 aromatic heterocycles. The number of benzene rings is 1. The summed E-state index contributed by atoms with van der Waals surface area (Å²) in [7, 11) is 0. The Kier molecular flexibility index (Phi) is 4.66. The van der Waals surface area contributed by atoms with Crippen molar-refractivity contribution in [3.05, 3.63) is 29.8 Å². The number of rotatable bonds is 4. The van der Waals surface area contributed by atoms with Crippen molar-refractivity contribution in [1.29, 1.82) is 0 Å². The normalized spacial score (nSPS) is 20.6. The first-order chi connectivity index (χ1) is 12.6. The largest absolute Gasteiger partial charge is 0.339 e. The molecule has 3 amide bonds. The highest BCUT2D eigenvalue weighted by Gasteiger charge is 2.35. The average molecular weight is 355 g/mol. The maximum atomic E-state index is 12.5. The predicted octanol–water partition coefficient (Wildman–Crippen LogP) is 1.44. The second-order valence-electron chi connectivity index (χ2n) is 7.47. The lowest BCUT2D eigenvalue weighted by Crippen LogP contribution is -2.51. The molecule has 138 valence electrons. The molecule has 2 saturated heterocycles. The quantitative estimate of drug-likeness (QED) is 0.821. The van der Waals surface area contributed by atoms with E-state index < -0.39 is 0 Å². The van der Waals surface area contributed by atoms with E-state index in [1.54, 1.807) is 0 Å². The Morgan fingerprint density at radius 1 is 0.923 bits per heavy atom. The van der Waals surface area contributed by atoms with Crippen LogP contribution in [0.25, 0.3) is 0 Å². The van der Waals surface area contributed by atoms with Crippen LogP contribution in [0.2, 0.25) is 0 Å². The molecule has 1 aromatic carbocycles. The van der Waals surface area contributed by atoms with Gasteiger partial charge in [0.15, 0.2) is 0 Å². The highest BCUT2D eigenvalue weighted by atomic mass is 16.2. The number of carbonyl (C=O) groups is 3. The van der Waals surface area contributed by atoms with Crippen LogP contribution >= 0.6 is 0 Å². The van der Waals surface area contributed by atoms with E-state index in [4.69, 9.17) is 0 Å². The Hall–Kier alpha value is -2.37. The maximum absolute atomic E-state index is 12.5. The minimum atomic E-state index is 0.105. The molecule has 0 radical (unpaired) electrons. The number of hydrogen-bond acceptors (Lipinski definition) is 3. The predicted molar refractivity (Wildman–Crippen MR) is 97.6 cm³/mol. The van der Waals surface area contributed by atoms with Gasteiger partial charge in [-0.3, -0.25) is 14.4 Å². The Balaban J connectivity index is 1.29. The molecule has 1 aromatic rings. The summed E-state index contributed by atoms with van der Waals surface area (Å²) in [5, 5.41) is 0. The van der Waals surface area contributed by atoms with Gasteiger partial charge >= 0.3 is 0 Å². The molecule has 4 rings (SSSR count). The van der Waals surface area contributed by atoms with Gasteiger partial charge in [0.05, 0.1) is 6.42 Å². The summed E-state index contributed by atoms with van der Waals surface area (Å²) < 4.78 is 0. The van der Waals surface area contributed by atoms with Crippen LogP contribution in [0.15, 0.2) is 24.3 Å². The van der Waals surface area contributed by atoms with E-state index in [9.17, 15) is 14.4 Å². The summed E-state index contributed by atoms with van der Waals surface area (Å²) in [6.07, 6.45) is 3.95. The lowest BCUT2D eigenvalue weighted by Gasteiger charge is -2.35. The molecular formula is C20H25N3O3. The van der Waals surface area contributed by atoms with E-state index in [2.05, 4.69) is 0 Å². The summed E-state index contributed by atoms with van der Waals surface area (Å²) in [6.45, 7) is 3.32. The smallest absolute Gasteiger partial charge is 0.227 e. The van der Waals surface area contributed by atoms with E-state index >= 15 is 0 Å². The summed E-state index contributed by atoms with van der Waals surface area (Å²) in [6, 6.07) is 7.73. The topological polar surface area (TPSA) is 60.9 Å². The van der Waals surface area contributed by atoms with Gasteiger partial charge < -0.3 is 14.7 Å². The van der Waals surface area contributed by atoms with Crippen molar-refractivity contribution in [2.75, 3.05) is 37.6 Å². The van der Waals surface area contributed by atoms with Gasteiger partial charge in [-0.1, -0.05) is 12.1 Å². The van der Waals surface area contributed by atoms with Crippen LogP contribution in [-0.4, -0.2) is 60.2 Å². The van der Waals surface area contributed by atoms with Crippen LogP contribution < -0.4 is 4.90 Å². The second kappa shape index (κ2) is 7.09. The number of hydrogen-bond donors (Lipinski definition) is 0. The molecule has 2 aliphatic heterocycles. The van der Waals surface area contributed by atoms with Crippen LogP contribution in [0.5, 0.6) is 0 Å². The second-order valence-corrected chi connectivity index (χ2v) is 7.47. The van der Waals surface area contributed by atoms with Crippen LogP contribution in [0.3, 0.4) is 0 Å². The summed E-state index contributed by atoms with van der Waals surface area (Å²) in [5.74, 6) is 0.795. The fourth-order valence-corrected chi connectivity index (χ4v) is 3.77. The number of piperazine rings is 1. The van der Waals surface area contributed by atoms with Crippen molar-refractivity contribution in [1.82, 2.24) is 9.80 Å². The van der Waals surface area contributed by atoms with Crippen LogP contribution in [0, 0.1) is 5.92 Å². The highest BCUT2D eigenvalue weighted by molar-refractivity contribution is 5.95. The van der Waals surface area contributed by atoms with Gasteiger partial charge in [-0.05, 0) is 37.0 Å². The fraction of sp³-hybridized carbons (Fsp3) is 0.550. The van der Waals surface area contributed by atoms with E-state index in [0.717, 1.165) is 37.1 Å². The van der Waals surface area contributed by atoms with Crippen molar-refractivity contribution < 1.29 is 14.4 Å². The molecular weight excluding hydrogens is 330 g/mol. The molecule has 0 bridgehead atoms. The SMILES string of the molecule is O=C(Cc1ccc(N2CCCC2=O)cc1)N1CCN(C(=O)C2CC2)CC1. The molecule has 26 heavy (non-hydrogen) atoms. The summed E-state index contributed by atoms with van der Waals surface area (Å²) >= 11 is 0. The van der Waals surface area contributed by atoms with Gasteiger partial charge in [0.25, 0.3) is 0 Å². The van der Waals surface area contributed by atoms with Gasteiger partial charge in [-0.25, -0.2) is 0 Å². The standard InChI is InChI=1S/C20H25N3O3/c24-18-2-1-9-23(18)17-7-3-15(4-8-17)14-19(25)21-10-12-22(13-11-21)20(26)16-5-6-16/h3-4,7-8,16H,1-2,5-6,9-14H2. The van der Waals surface area contributed by atoms with Gasteiger partial charge in [-0.2, -0.15) is 0 Å². The molecule has 2 heterocycles. The first-order valence-electron chi connectivity index (χ1n) is 9.58. The summed E-state index contributed by atoms with van der Waals surface area (Å²) in [5.41, 5.74) is 1.87. The molecule has 6 heteroatoms. The van der Waals surface area contributed by atoms with E-state index in [1.807, 2.05) is 39.0 Å². The van der Waals surface area contributed by atoms with Crippen LogP contribution in [0.4, 0.5) is 5.69 Å². The van der Waals surface area contributed by atoms with Gasteiger partial charge in [0.2, 0.25) is 17.7 Å². The van der Waals surface area contributed by atoms with Crippen LogP contribution in [-0.2, 0) is 20.8 Å². The van der Waals surface area contributed by atoms with Crippen molar-refractivity contribution >= 4 is 23.4 Å². The van der Waals surface area contributed by atoms with E-state index in [-0.39, 0.29) is 23.6 Å². The fourth-order valence-electron chi connectivity index (χ4n) is 3.77. The first kappa shape index (κ1) is 17.1. The third-order valence-corrected chi connectivity index (χ3v) is 5.55. The monoisotopic (exact) mass is 355 g/mol. The van der Waals surface area contributed by atoms with E-state index in [0.29, 0.717) is 39.0 Å². The van der Waals surface area contributed by atoms with Gasteiger partial charge in [0, 0.05) is 50.7 Å². The van der Waals surface area contributed by atoms with Crippen molar-refractivity contribution in [3.63, 3.8) is 0 Å². The van der Waals surface area contributed by atoms with Crippen molar-refractivity contribution in [2.24, 2.45) is 5.92 Å². The van der Waals surface area contributed by atoms with Gasteiger partial charge in [0.1, 0.15) is 0 Å². The molecule has 6 nitrogen and oxygen atoms in total. The number of amides is 3. The Bertz CT molecular complexity index is 704. The average Bonchev–Trinajstić information content (AvgIpc) is 3.43. The molecule has 0 atom stereocenters. The third kappa shape index (κ3) is 3.59. The minimum Gasteiger partial charge on any atom is -0.339 e. The Labute approximate surface area is 153 Å². The first-order valence-corrected chi connectivity index (χ1v) is 9.58. The lowest BCUT2D eigenvalue weighted by atomic mass is 10.1. The summed E-state index contributed by atoms with van der Waals surface area (Å²) in [4.78, 5) is 42.0. The maximum Gasteiger partial charge on any atom is 0.227 e. The van der Waals surface area contributed by atoms with Crippen molar-refractivity contribution in [2.45, 2.75) is 32.1 Å². The van der Waals surface area contributed by atoms with Crippen LogP contribution in [0.1, 0.15) is 31.2 Å². The minimum absolute atomic E-state index is 0.105. The van der Waals surface area contributed by atoms with Crippen molar-refractivity contribution in [3.8, 4) is 0 Å². The van der Waals surface area contributed by atoms with E-state index in [1.165, 1.54) is 0 Å². The molecule has 3 aliphatic rings. The molecule has 1 saturated carbocycles. The molecule has 0 N–H and O–H groups in total. The Morgan fingerprint density at radius 2 is 1.58 bits per heavy atom. The number of nitrogens with zero attached hydrogens (tertiary/aromatic N) is 3. The zero-order valence-electron chi connectivity index (χ0n) is 15.0. The lowest BCUT2D eigenvalue weighted by molar-refractivity contribution is -0.140. The zero-order chi connectivity index (χ0) is 18.1. The highest BCUT2D eigenvalue weighted by Crippen LogP contribution is 2.31. The molecule has 1 aliphatic carbocycles.